The van der Waals surface area contributed by atoms with Crippen LogP contribution in [0, 0.1) is 6.92 Å². The molecule has 2 aromatic rings. The van der Waals surface area contributed by atoms with Crippen LogP contribution in [0.25, 0.3) is 11.4 Å². The quantitative estimate of drug-likeness (QED) is 0.920. The lowest BCUT2D eigenvalue weighted by molar-refractivity contribution is 0.510. The van der Waals surface area contributed by atoms with Crippen molar-refractivity contribution in [2.24, 2.45) is 0 Å². The summed E-state index contributed by atoms with van der Waals surface area (Å²) in [5, 5.41) is 12.4. The molecule has 0 saturated heterocycles. The lowest BCUT2D eigenvalue weighted by Gasteiger charge is -2.22. The van der Waals surface area contributed by atoms with Crippen LogP contribution in [0.15, 0.2) is 18.2 Å². The van der Waals surface area contributed by atoms with Crippen molar-refractivity contribution in [1.29, 1.82) is 0 Å². The molecule has 0 spiro atoms. The van der Waals surface area contributed by atoms with Gasteiger partial charge in [-0.05, 0) is 43.9 Å². The predicted molar refractivity (Wildman–Crippen MR) is 83.1 cm³/mol. The van der Waals surface area contributed by atoms with Gasteiger partial charge in [0.25, 0.3) is 0 Å². The van der Waals surface area contributed by atoms with E-state index >= 15 is 0 Å². The van der Waals surface area contributed by atoms with Crippen LogP contribution in [-0.4, -0.2) is 21.3 Å². The minimum Gasteiger partial charge on any atom is -0.312 e. The Morgan fingerprint density at radius 1 is 1.19 bits per heavy atom. The molecule has 4 nitrogen and oxygen atoms in total. The minimum absolute atomic E-state index is 0.590. The van der Waals surface area contributed by atoms with E-state index < -0.39 is 0 Å². The summed E-state index contributed by atoms with van der Waals surface area (Å²) in [5.74, 6) is 2.14. The third-order valence-corrected chi connectivity index (χ3v) is 4.94. The van der Waals surface area contributed by atoms with Crippen molar-refractivity contribution in [1.82, 2.24) is 20.1 Å². The first-order chi connectivity index (χ1) is 10.3. The van der Waals surface area contributed by atoms with E-state index in [2.05, 4.69) is 45.2 Å². The first-order valence-electron chi connectivity index (χ1n) is 8.08. The minimum atomic E-state index is 0.590. The van der Waals surface area contributed by atoms with E-state index in [-0.39, 0.29) is 0 Å². The molecule has 1 aromatic heterocycles. The second-order valence-corrected chi connectivity index (χ2v) is 6.25. The second kappa shape index (κ2) is 5.26. The maximum atomic E-state index is 4.53. The highest BCUT2D eigenvalue weighted by atomic mass is 15.3. The van der Waals surface area contributed by atoms with Crippen LogP contribution in [0.5, 0.6) is 0 Å². The predicted octanol–water partition coefficient (Wildman–Crippen LogP) is 3.01. The first-order valence-corrected chi connectivity index (χ1v) is 8.08. The lowest BCUT2D eigenvalue weighted by Crippen LogP contribution is -2.24. The molecule has 0 unspecified atom stereocenters. The zero-order chi connectivity index (χ0) is 14.2. The van der Waals surface area contributed by atoms with Gasteiger partial charge in [-0.25, -0.2) is 0 Å². The van der Waals surface area contributed by atoms with Gasteiger partial charge in [-0.2, -0.15) is 0 Å². The molecular weight excluding hydrogens is 260 g/mol. The second-order valence-electron chi connectivity index (χ2n) is 6.25. The molecule has 2 aliphatic rings. The lowest BCUT2D eigenvalue weighted by atomic mass is 9.95. The van der Waals surface area contributed by atoms with Gasteiger partial charge in [0.15, 0.2) is 5.82 Å². The molecule has 2 heterocycles. The Hall–Kier alpha value is -1.68. The number of fused-ring (bicyclic) bond motifs is 1. The summed E-state index contributed by atoms with van der Waals surface area (Å²) < 4.78 is 2.39. The monoisotopic (exact) mass is 282 g/mol. The number of aromatic nitrogens is 3. The van der Waals surface area contributed by atoms with Gasteiger partial charge in [-0.3, -0.25) is 0 Å². The molecule has 1 saturated carbocycles. The van der Waals surface area contributed by atoms with Crippen LogP contribution >= 0.6 is 0 Å². The van der Waals surface area contributed by atoms with Gasteiger partial charge in [-0.15, -0.1) is 10.2 Å². The topological polar surface area (TPSA) is 42.7 Å². The Bertz CT molecular complexity index is 653. The van der Waals surface area contributed by atoms with E-state index in [0.29, 0.717) is 6.04 Å². The SMILES string of the molecule is Cc1nnc(-c2cccc3c2CCNC3)n1C1CCCC1. The molecule has 4 rings (SSSR count). The summed E-state index contributed by atoms with van der Waals surface area (Å²) in [6.07, 6.45) is 6.28. The van der Waals surface area contributed by atoms with Crippen LogP contribution in [0.3, 0.4) is 0 Å². The molecule has 1 aromatic carbocycles. The first kappa shape index (κ1) is 13.0. The molecule has 4 heteroatoms. The normalized spacial score (nSPS) is 18.9. The van der Waals surface area contributed by atoms with Gasteiger partial charge in [0.1, 0.15) is 5.82 Å². The smallest absolute Gasteiger partial charge is 0.164 e. The third kappa shape index (κ3) is 2.18. The highest BCUT2D eigenvalue weighted by Gasteiger charge is 2.25. The van der Waals surface area contributed by atoms with Crippen LogP contribution in [0.2, 0.25) is 0 Å². The largest absolute Gasteiger partial charge is 0.312 e. The molecule has 1 N–H and O–H groups in total. The summed E-state index contributed by atoms with van der Waals surface area (Å²) >= 11 is 0. The number of rotatable bonds is 2. The van der Waals surface area contributed by atoms with Crippen molar-refractivity contribution < 1.29 is 0 Å². The maximum absolute atomic E-state index is 4.53. The fourth-order valence-corrected chi connectivity index (χ4v) is 3.89. The Kier molecular flexibility index (Phi) is 3.26. The molecule has 110 valence electrons. The number of benzene rings is 1. The van der Waals surface area contributed by atoms with Gasteiger partial charge in [0.05, 0.1) is 0 Å². The fourth-order valence-electron chi connectivity index (χ4n) is 3.89. The molecule has 0 atom stereocenters. The molecule has 1 aliphatic carbocycles. The molecule has 0 bridgehead atoms. The summed E-state index contributed by atoms with van der Waals surface area (Å²) in [7, 11) is 0. The van der Waals surface area contributed by atoms with Gasteiger partial charge in [0.2, 0.25) is 0 Å². The van der Waals surface area contributed by atoms with Crippen LogP contribution < -0.4 is 5.32 Å². The molecule has 0 radical (unpaired) electrons. The van der Waals surface area contributed by atoms with Crippen molar-refractivity contribution in [3.63, 3.8) is 0 Å². The third-order valence-electron chi connectivity index (χ3n) is 4.94. The summed E-state index contributed by atoms with van der Waals surface area (Å²) in [6.45, 7) is 4.12. The van der Waals surface area contributed by atoms with Crippen molar-refractivity contribution >= 4 is 0 Å². The molecular formula is C17H22N4. The zero-order valence-electron chi connectivity index (χ0n) is 12.6. The van der Waals surface area contributed by atoms with E-state index in [1.807, 2.05) is 0 Å². The highest BCUT2D eigenvalue weighted by Crippen LogP contribution is 2.35. The average molecular weight is 282 g/mol. The molecule has 21 heavy (non-hydrogen) atoms. The Morgan fingerprint density at radius 2 is 2.05 bits per heavy atom. The molecule has 1 fully saturated rings. The van der Waals surface area contributed by atoms with Crippen LogP contribution in [0.1, 0.15) is 48.7 Å². The van der Waals surface area contributed by atoms with Crippen molar-refractivity contribution in [3.8, 4) is 11.4 Å². The van der Waals surface area contributed by atoms with Gasteiger partial charge in [0, 0.05) is 18.2 Å². The van der Waals surface area contributed by atoms with Crippen molar-refractivity contribution in [2.75, 3.05) is 6.54 Å². The van der Waals surface area contributed by atoms with Crippen molar-refractivity contribution in [2.45, 2.75) is 51.6 Å². The van der Waals surface area contributed by atoms with Gasteiger partial charge < -0.3 is 9.88 Å². The molecule has 1 aliphatic heterocycles. The summed E-state index contributed by atoms with van der Waals surface area (Å²) in [5.41, 5.74) is 4.17. The summed E-state index contributed by atoms with van der Waals surface area (Å²) in [4.78, 5) is 0. The Balaban J connectivity index is 1.84. The zero-order valence-corrected chi connectivity index (χ0v) is 12.6. The van der Waals surface area contributed by atoms with E-state index in [4.69, 9.17) is 0 Å². The number of hydrogen-bond donors (Lipinski definition) is 1. The van der Waals surface area contributed by atoms with Crippen LogP contribution in [-0.2, 0) is 13.0 Å². The van der Waals surface area contributed by atoms with Crippen molar-refractivity contribution in [3.05, 3.63) is 35.2 Å². The highest BCUT2D eigenvalue weighted by molar-refractivity contribution is 5.63. The maximum Gasteiger partial charge on any atom is 0.164 e. The van der Waals surface area contributed by atoms with E-state index in [1.165, 1.54) is 42.4 Å². The number of nitrogens with zero attached hydrogens (tertiary/aromatic N) is 3. The van der Waals surface area contributed by atoms with E-state index in [1.54, 1.807) is 0 Å². The average Bonchev–Trinajstić information content (AvgIpc) is 3.16. The Labute approximate surface area is 125 Å². The standard InChI is InChI=1S/C17H22N4/c1-12-19-20-17(21(12)14-6-2-3-7-14)16-8-4-5-13-11-18-10-9-15(13)16/h4-5,8,14,18H,2-3,6-7,9-11H2,1H3. The molecule has 0 amide bonds. The van der Waals surface area contributed by atoms with E-state index in [9.17, 15) is 0 Å². The number of hydrogen-bond acceptors (Lipinski definition) is 3. The number of nitrogens with one attached hydrogen (secondary N) is 1. The van der Waals surface area contributed by atoms with Crippen LogP contribution in [0.4, 0.5) is 0 Å². The number of aryl methyl sites for hydroxylation is 1. The Morgan fingerprint density at radius 3 is 2.90 bits per heavy atom. The fraction of sp³-hybridized carbons (Fsp3) is 0.529. The van der Waals surface area contributed by atoms with Gasteiger partial charge >= 0.3 is 0 Å². The van der Waals surface area contributed by atoms with E-state index in [0.717, 1.165) is 31.2 Å². The summed E-state index contributed by atoms with van der Waals surface area (Å²) in [6, 6.07) is 7.20. The van der Waals surface area contributed by atoms with Gasteiger partial charge in [-0.1, -0.05) is 31.0 Å².